The number of nitrogens with one attached hydrogen (secondary N) is 2. The van der Waals surface area contributed by atoms with Gasteiger partial charge in [0.2, 0.25) is 0 Å². The van der Waals surface area contributed by atoms with Gasteiger partial charge < -0.3 is 30.6 Å². The number of rotatable bonds is 18. The van der Waals surface area contributed by atoms with Gasteiger partial charge >= 0.3 is 11.9 Å². The SMILES string of the molecule is Cc1nc(Nc2ncc(C(=O)Nc3c(C)cccc3Cl)s2)cc(N2CCN(CCC(CCCCCO[N+](=O)[O-])(CC(=O)O)C(=O)O)CC2)n1. The number of carboxylic acids is 2. The van der Waals surface area contributed by atoms with Gasteiger partial charge in [0.05, 0.1) is 35.3 Å². The Labute approximate surface area is 291 Å². The van der Waals surface area contributed by atoms with E-state index in [1.807, 2.05) is 19.1 Å². The number of aryl methyl sites for hydroxylation is 2. The molecule has 2 aromatic heterocycles. The molecule has 0 bridgehead atoms. The maximum Gasteiger partial charge on any atom is 0.310 e. The Bertz CT molecular complexity index is 1630. The zero-order valence-electron chi connectivity index (χ0n) is 27.2. The van der Waals surface area contributed by atoms with Gasteiger partial charge in [-0.3, -0.25) is 19.3 Å². The van der Waals surface area contributed by atoms with Gasteiger partial charge in [-0.15, -0.1) is 10.1 Å². The lowest BCUT2D eigenvalue weighted by atomic mass is 9.76. The summed E-state index contributed by atoms with van der Waals surface area (Å²) in [6.45, 7) is 6.39. The molecule has 0 aliphatic carbocycles. The predicted molar refractivity (Wildman–Crippen MR) is 183 cm³/mol. The minimum atomic E-state index is -1.44. The van der Waals surface area contributed by atoms with Crippen molar-refractivity contribution < 1.29 is 34.5 Å². The second-order valence-corrected chi connectivity index (χ2v) is 13.2. The van der Waals surface area contributed by atoms with Gasteiger partial charge in [-0.05, 0) is 51.3 Å². The van der Waals surface area contributed by atoms with Crippen LogP contribution >= 0.6 is 22.9 Å². The Morgan fingerprint density at radius 2 is 1.86 bits per heavy atom. The first kappa shape index (κ1) is 37.2. The summed E-state index contributed by atoms with van der Waals surface area (Å²) < 4.78 is 0. The van der Waals surface area contributed by atoms with E-state index in [0.717, 1.165) is 5.56 Å². The summed E-state index contributed by atoms with van der Waals surface area (Å²) in [5.74, 6) is -0.922. The number of amides is 1. The zero-order chi connectivity index (χ0) is 35.6. The highest BCUT2D eigenvalue weighted by molar-refractivity contribution is 7.17. The molecule has 0 spiro atoms. The quantitative estimate of drug-likeness (QED) is 0.0772. The van der Waals surface area contributed by atoms with Crippen LogP contribution in [0.25, 0.3) is 0 Å². The van der Waals surface area contributed by atoms with Crippen LogP contribution in [0.3, 0.4) is 0 Å². The Hall–Kier alpha value is -4.61. The predicted octanol–water partition coefficient (Wildman–Crippen LogP) is 5.03. The van der Waals surface area contributed by atoms with Crippen molar-refractivity contribution in [1.82, 2.24) is 19.9 Å². The average Bonchev–Trinajstić information content (AvgIpc) is 3.51. The molecule has 3 aromatic rings. The summed E-state index contributed by atoms with van der Waals surface area (Å²) in [6.07, 6.45) is 2.55. The van der Waals surface area contributed by atoms with Crippen molar-refractivity contribution >= 4 is 63.2 Å². The molecule has 4 N–H and O–H groups in total. The number of hydrogen-bond acceptors (Lipinski definition) is 13. The number of piperazine rings is 1. The van der Waals surface area contributed by atoms with Gasteiger partial charge in [0.25, 0.3) is 11.0 Å². The highest BCUT2D eigenvalue weighted by Gasteiger charge is 2.40. The van der Waals surface area contributed by atoms with E-state index in [0.29, 0.717) is 90.2 Å². The van der Waals surface area contributed by atoms with Crippen molar-refractivity contribution in [1.29, 1.82) is 0 Å². The molecule has 1 aliphatic heterocycles. The molecule has 0 saturated carbocycles. The van der Waals surface area contributed by atoms with Crippen LogP contribution in [0, 0.1) is 29.4 Å². The number of aliphatic carboxylic acids is 2. The number of carbonyl (C=O) groups excluding carboxylic acids is 1. The molecule has 1 unspecified atom stereocenters. The second kappa shape index (κ2) is 17.2. The van der Waals surface area contributed by atoms with E-state index >= 15 is 0 Å². The lowest BCUT2D eigenvalue weighted by Gasteiger charge is -2.37. The van der Waals surface area contributed by atoms with Crippen molar-refractivity contribution in [2.75, 3.05) is 54.9 Å². The van der Waals surface area contributed by atoms with E-state index in [9.17, 15) is 34.7 Å². The number of halogens is 1. The van der Waals surface area contributed by atoms with Crippen LogP contribution in [0.15, 0.2) is 30.5 Å². The Morgan fingerprint density at radius 1 is 1.10 bits per heavy atom. The summed E-state index contributed by atoms with van der Waals surface area (Å²) in [7, 11) is 0. The first-order valence-corrected chi connectivity index (χ1v) is 16.9. The van der Waals surface area contributed by atoms with Gasteiger partial charge in [-0.25, -0.2) is 15.0 Å². The highest BCUT2D eigenvalue weighted by atomic mass is 35.5. The Morgan fingerprint density at radius 3 is 2.53 bits per heavy atom. The second-order valence-electron chi connectivity index (χ2n) is 11.8. The minimum Gasteiger partial charge on any atom is -0.481 e. The third kappa shape index (κ3) is 10.7. The van der Waals surface area contributed by atoms with Crippen molar-refractivity contribution in [2.24, 2.45) is 5.41 Å². The van der Waals surface area contributed by atoms with Gasteiger partial charge in [-0.2, -0.15) is 0 Å². The van der Waals surface area contributed by atoms with E-state index in [-0.39, 0.29) is 25.4 Å². The molecule has 1 fully saturated rings. The normalized spacial score (nSPS) is 14.6. The van der Waals surface area contributed by atoms with Crippen molar-refractivity contribution in [2.45, 2.75) is 52.4 Å². The van der Waals surface area contributed by atoms with Crippen LogP contribution < -0.4 is 15.5 Å². The van der Waals surface area contributed by atoms with Gasteiger partial charge in [0, 0.05) is 32.2 Å². The summed E-state index contributed by atoms with van der Waals surface area (Å²) in [5.41, 5.74) is -0.0567. The Kier molecular flexibility index (Phi) is 13.0. The fraction of sp³-hybridized carbons (Fsp3) is 0.484. The maximum atomic E-state index is 12.9. The number of nitrogens with zero attached hydrogens (tertiary/aromatic N) is 6. The van der Waals surface area contributed by atoms with Gasteiger partial charge in [-0.1, -0.05) is 47.9 Å². The summed E-state index contributed by atoms with van der Waals surface area (Å²) in [4.78, 5) is 69.5. The van der Waals surface area contributed by atoms with E-state index < -0.39 is 28.9 Å². The monoisotopic (exact) mass is 718 g/mol. The molecular weight excluding hydrogens is 680 g/mol. The first-order valence-electron chi connectivity index (χ1n) is 15.7. The molecule has 264 valence electrons. The third-order valence-corrected chi connectivity index (χ3v) is 9.52. The van der Waals surface area contributed by atoms with E-state index in [4.69, 9.17) is 11.6 Å². The maximum absolute atomic E-state index is 12.9. The molecule has 18 heteroatoms. The number of para-hydroxylation sites is 1. The molecule has 1 aliphatic rings. The lowest BCUT2D eigenvalue weighted by Crippen LogP contribution is -2.48. The first-order chi connectivity index (χ1) is 23.3. The highest BCUT2D eigenvalue weighted by Crippen LogP contribution is 2.35. The molecule has 16 nitrogen and oxygen atoms in total. The fourth-order valence-electron chi connectivity index (χ4n) is 5.62. The number of carbonyl (C=O) groups is 3. The number of hydrogen-bond donors (Lipinski definition) is 4. The molecule has 1 amide bonds. The van der Waals surface area contributed by atoms with Gasteiger partial charge in [0.1, 0.15) is 22.3 Å². The number of aromatic nitrogens is 3. The van der Waals surface area contributed by atoms with E-state index in [1.54, 1.807) is 19.1 Å². The lowest BCUT2D eigenvalue weighted by molar-refractivity contribution is -0.757. The number of unbranched alkanes of at least 4 members (excludes halogenated alkanes) is 2. The van der Waals surface area contributed by atoms with Gasteiger partial charge in [0.15, 0.2) is 5.13 Å². The number of benzene rings is 1. The fourth-order valence-corrected chi connectivity index (χ4v) is 6.61. The zero-order valence-corrected chi connectivity index (χ0v) is 28.8. The van der Waals surface area contributed by atoms with Crippen molar-refractivity contribution in [3.05, 3.63) is 61.9 Å². The van der Waals surface area contributed by atoms with Crippen LogP contribution in [-0.2, 0) is 14.4 Å². The summed E-state index contributed by atoms with van der Waals surface area (Å²) in [6, 6.07) is 7.18. The smallest absolute Gasteiger partial charge is 0.310 e. The van der Waals surface area contributed by atoms with Crippen molar-refractivity contribution in [3.8, 4) is 0 Å². The summed E-state index contributed by atoms with van der Waals surface area (Å²) >= 11 is 7.42. The molecule has 1 atom stereocenters. The third-order valence-electron chi connectivity index (χ3n) is 8.29. The number of carboxylic acid groups (broad SMARTS) is 2. The number of thiazole rings is 1. The Balaban J connectivity index is 1.32. The molecular formula is C31H39ClN8O8S. The van der Waals surface area contributed by atoms with Crippen LogP contribution in [0.5, 0.6) is 0 Å². The van der Waals surface area contributed by atoms with Crippen LogP contribution in [0.2, 0.25) is 5.02 Å². The molecule has 1 aromatic carbocycles. The van der Waals surface area contributed by atoms with E-state index in [2.05, 4.69) is 40.2 Å². The van der Waals surface area contributed by atoms with Crippen molar-refractivity contribution in [3.63, 3.8) is 0 Å². The average molecular weight is 719 g/mol. The summed E-state index contributed by atoms with van der Waals surface area (Å²) in [5, 5.41) is 36.0. The van der Waals surface area contributed by atoms with E-state index in [1.165, 1.54) is 17.5 Å². The number of anilines is 4. The molecule has 1 saturated heterocycles. The van der Waals surface area contributed by atoms with Crippen LogP contribution in [0.1, 0.15) is 59.6 Å². The molecule has 3 heterocycles. The van der Waals surface area contributed by atoms with Crippen LogP contribution in [0.4, 0.5) is 22.5 Å². The topological polar surface area (TPSA) is 213 Å². The largest absolute Gasteiger partial charge is 0.481 e. The minimum absolute atomic E-state index is 0.0880. The van der Waals surface area contributed by atoms with Crippen LogP contribution in [-0.4, -0.2) is 92.3 Å². The molecule has 49 heavy (non-hydrogen) atoms. The molecule has 4 rings (SSSR count). The standard InChI is InChI=1S/C31H39ClN8O8S/c1-20-7-6-8-22(32)27(20)37-28(43)23-19-33-30(49-23)36-24-17-25(35-21(2)34-24)39-14-12-38(13-15-39)11-10-31(29(44)45,18-26(41)42)9-4-3-5-16-48-40(46)47/h6-8,17,19H,3-5,9-16,18H2,1-2H3,(H,37,43)(H,41,42)(H,44,45)(H,33,34,35,36). The molecule has 0 radical (unpaired) electrons.